The highest BCUT2D eigenvalue weighted by atomic mass is 16.6. The molecule has 2 aromatic rings. The normalized spacial score (nSPS) is 23.4. The van der Waals surface area contributed by atoms with Gasteiger partial charge in [0.2, 0.25) is 5.91 Å². The molecule has 0 bridgehead atoms. The molecule has 142 valence electrons. The molecule has 0 saturated carbocycles. The standard InChI is InChI=1S/C21H15N5O3/c22-11-21(12-23)17(14-5-7-15(8-6-14)26(28)29)18(20(24)27)25-10-9-13-3-1-2-4-16(13)19(21)25/h1-10,17-19H,(H2,24,27). The van der Waals surface area contributed by atoms with E-state index in [0.717, 1.165) is 11.1 Å². The molecular weight excluding hydrogens is 370 g/mol. The maximum Gasteiger partial charge on any atom is 0.269 e. The third kappa shape index (κ3) is 2.47. The van der Waals surface area contributed by atoms with E-state index in [0.29, 0.717) is 5.56 Å². The van der Waals surface area contributed by atoms with Crippen LogP contribution in [0.15, 0.2) is 54.7 Å². The van der Waals surface area contributed by atoms with Crippen LogP contribution in [0.2, 0.25) is 0 Å². The van der Waals surface area contributed by atoms with Crippen molar-refractivity contribution in [3.8, 4) is 12.1 Å². The SMILES string of the molecule is N#CC1(C#N)C(c2ccc([N+](=O)[O-])cc2)C(C(N)=O)N2C=Cc3ccccc3C21. The average Bonchev–Trinajstić information content (AvgIpc) is 3.05. The zero-order valence-corrected chi connectivity index (χ0v) is 15.1. The topological polar surface area (TPSA) is 137 Å². The quantitative estimate of drug-likeness (QED) is 0.637. The van der Waals surface area contributed by atoms with Crippen molar-refractivity contribution in [3.05, 3.63) is 81.5 Å². The van der Waals surface area contributed by atoms with E-state index < -0.39 is 34.2 Å². The molecule has 0 aliphatic carbocycles. The summed E-state index contributed by atoms with van der Waals surface area (Å²) < 4.78 is 0. The number of carbonyl (C=O) groups excluding carboxylic acids is 1. The molecule has 0 radical (unpaired) electrons. The van der Waals surface area contributed by atoms with Crippen LogP contribution in [0, 0.1) is 38.2 Å². The fraction of sp³-hybridized carbons (Fsp3) is 0.190. The van der Waals surface area contributed by atoms with Crippen LogP contribution in [0.4, 0.5) is 5.69 Å². The van der Waals surface area contributed by atoms with Gasteiger partial charge in [-0.1, -0.05) is 36.4 Å². The largest absolute Gasteiger partial charge is 0.368 e. The molecule has 1 fully saturated rings. The van der Waals surface area contributed by atoms with Crippen molar-refractivity contribution in [2.45, 2.75) is 18.0 Å². The number of carbonyl (C=O) groups is 1. The van der Waals surface area contributed by atoms with E-state index in [4.69, 9.17) is 5.73 Å². The number of benzene rings is 2. The minimum atomic E-state index is -1.61. The third-order valence-corrected chi connectivity index (χ3v) is 5.70. The monoisotopic (exact) mass is 385 g/mol. The Labute approximate surface area is 166 Å². The Morgan fingerprint density at radius 1 is 1.14 bits per heavy atom. The van der Waals surface area contributed by atoms with Gasteiger partial charge in [-0.2, -0.15) is 10.5 Å². The molecule has 0 spiro atoms. The van der Waals surface area contributed by atoms with Crippen LogP contribution >= 0.6 is 0 Å². The van der Waals surface area contributed by atoms with Crippen molar-refractivity contribution in [2.24, 2.45) is 11.1 Å². The number of nitro groups is 1. The molecule has 1 saturated heterocycles. The predicted octanol–water partition coefficient (Wildman–Crippen LogP) is 2.61. The lowest BCUT2D eigenvalue weighted by atomic mass is 9.68. The molecule has 8 nitrogen and oxygen atoms in total. The Hall–Kier alpha value is -4.17. The van der Waals surface area contributed by atoms with Gasteiger partial charge >= 0.3 is 0 Å². The Kier molecular flexibility index (Phi) is 4.06. The second-order valence-electron chi connectivity index (χ2n) is 7.06. The summed E-state index contributed by atoms with van der Waals surface area (Å²) in [6.45, 7) is 0. The molecular formula is C21H15N5O3. The van der Waals surface area contributed by atoms with Crippen LogP contribution in [-0.4, -0.2) is 21.8 Å². The van der Waals surface area contributed by atoms with Gasteiger partial charge < -0.3 is 10.6 Å². The average molecular weight is 385 g/mol. The minimum Gasteiger partial charge on any atom is -0.368 e. The van der Waals surface area contributed by atoms with Crippen molar-refractivity contribution >= 4 is 17.7 Å². The first kappa shape index (κ1) is 18.2. The molecule has 8 heteroatoms. The van der Waals surface area contributed by atoms with Gasteiger partial charge in [-0.25, -0.2) is 0 Å². The van der Waals surface area contributed by atoms with Gasteiger partial charge in [-0.3, -0.25) is 14.9 Å². The Morgan fingerprint density at radius 3 is 2.38 bits per heavy atom. The molecule has 2 aliphatic rings. The maximum atomic E-state index is 12.5. The summed E-state index contributed by atoms with van der Waals surface area (Å²) in [4.78, 5) is 24.6. The second kappa shape index (κ2) is 6.47. The van der Waals surface area contributed by atoms with E-state index in [2.05, 4.69) is 12.1 Å². The van der Waals surface area contributed by atoms with Crippen molar-refractivity contribution in [1.29, 1.82) is 10.5 Å². The molecule has 1 amide bonds. The maximum absolute atomic E-state index is 12.5. The van der Waals surface area contributed by atoms with Crippen LogP contribution in [0.3, 0.4) is 0 Å². The molecule has 2 aromatic carbocycles. The first-order valence-electron chi connectivity index (χ1n) is 8.85. The summed E-state index contributed by atoms with van der Waals surface area (Å²) >= 11 is 0. The van der Waals surface area contributed by atoms with E-state index in [1.165, 1.54) is 24.3 Å². The van der Waals surface area contributed by atoms with Gasteiger partial charge in [-0.05, 0) is 22.8 Å². The summed E-state index contributed by atoms with van der Waals surface area (Å²) in [5.41, 5.74) is 6.08. The first-order chi connectivity index (χ1) is 13.9. The zero-order valence-electron chi connectivity index (χ0n) is 15.1. The number of amides is 1. The lowest BCUT2D eigenvalue weighted by molar-refractivity contribution is -0.384. The minimum absolute atomic E-state index is 0.121. The van der Waals surface area contributed by atoms with Gasteiger partial charge in [0.15, 0.2) is 5.41 Å². The summed E-state index contributed by atoms with van der Waals surface area (Å²) in [5, 5.41) is 31.3. The van der Waals surface area contributed by atoms with Crippen LogP contribution < -0.4 is 5.73 Å². The molecule has 2 aliphatic heterocycles. The van der Waals surface area contributed by atoms with Crippen LogP contribution in [0.5, 0.6) is 0 Å². The summed E-state index contributed by atoms with van der Waals surface area (Å²) in [5.74, 6) is -1.55. The molecule has 0 aromatic heterocycles. The number of nitriles is 2. The summed E-state index contributed by atoms with van der Waals surface area (Å²) in [6, 6.07) is 15.6. The third-order valence-electron chi connectivity index (χ3n) is 5.70. The van der Waals surface area contributed by atoms with Crippen molar-refractivity contribution in [3.63, 3.8) is 0 Å². The van der Waals surface area contributed by atoms with E-state index in [1.54, 1.807) is 11.1 Å². The lowest BCUT2D eigenvalue weighted by Crippen LogP contribution is -2.41. The molecule has 3 unspecified atom stereocenters. The summed E-state index contributed by atoms with van der Waals surface area (Å²) in [6.07, 6.45) is 3.51. The van der Waals surface area contributed by atoms with Crippen molar-refractivity contribution in [1.82, 2.24) is 4.90 Å². The number of rotatable bonds is 3. The number of nitro benzene ring substituents is 1. The van der Waals surface area contributed by atoms with E-state index >= 15 is 0 Å². The molecule has 2 N–H and O–H groups in total. The van der Waals surface area contributed by atoms with Gasteiger partial charge in [0.25, 0.3) is 5.69 Å². The van der Waals surface area contributed by atoms with E-state index in [1.807, 2.05) is 30.3 Å². The fourth-order valence-corrected chi connectivity index (χ4v) is 4.50. The Bertz CT molecular complexity index is 1110. The number of non-ortho nitro benzene ring substituents is 1. The van der Waals surface area contributed by atoms with Gasteiger partial charge in [0.05, 0.1) is 23.1 Å². The lowest BCUT2D eigenvalue weighted by Gasteiger charge is -2.34. The first-order valence-corrected chi connectivity index (χ1v) is 8.85. The number of primary amides is 1. The number of nitrogens with zero attached hydrogens (tertiary/aromatic N) is 4. The number of hydrogen-bond donors (Lipinski definition) is 1. The highest BCUT2D eigenvalue weighted by Crippen LogP contribution is 2.59. The number of hydrogen-bond acceptors (Lipinski definition) is 6. The second-order valence-corrected chi connectivity index (χ2v) is 7.06. The summed E-state index contributed by atoms with van der Waals surface area (Å²) in [7, 11) is 0. The van der Waals surface area contributed by atoms with Gasteiger partial charge in [0, 0.05) is 24.3 Å². The van der Waals surface area contributed by atoms with Crippen molar-refractivity contribution in [2.75, 3.05) is 0 Å². The zero-order chi connectivity index (χ0) is 20.8. The highest BCUT2D eigenvalue weighted by Gasteiger charge is 2.63. The highest BCUT2D eigenvalue weighted by molar-refractivity contribution is 5.84. The molecule has 29 heavy (non-hydrogen) atoms. The van der Waals surface area contributed by atoms with E-state index in [-0.39, 0.29) is 5.69 Å². The predicted molar refractivity (Wildman–Crippen MR) is 103 cm³/mol. The number of nitrogens with two attached hydrogens (primary N) is 1. The Morgan fingerprint density at radius 2 is 1.79 bits per heavy atom. The van der Waals surface area contributed by atoms with Crippen LogP contribution in [0.1, 0.15) is 28.7 Å². The molecule has 3 atom stereocenters. The van der Waals surface area contributed by atoms with Crippen LogP contribution in [-0.2, 0) is 4.79 Å². The molecule has 2 heterocycles. The van der Waals surface area contributed by atoms with Gasteiger partial charge in [0.1, 0.15) is 6.04 Å². The van der Waals surface area contributed by atoms with E-state index in [9.17, 15) is 25.4 Å². The smallest absolute Gasteiger partial charge is 0.269 e. The van der Waals surface area contributed by atoms with Gasteiger partial charge in [-0.15, -0.1) is 0 Å². The number of fused-ring (bicyclic) bond motifs is 3. The fourth-order valence-electron chi connectivity index (χ4n) is 4.50. The molecule has 4 rings (SSSR count). The van der Waals surface area contributed by atoms with Crippen LogP contribution in [0.25, 0.3) is 6.08 Å². The van der Waals surface area contributed by atoms with Crippen molar-refractivity contribution < 1.29 is 9.72 Å². The Balaban J connectivity index is 1.96.